The standard InChI is InChI=1S/C16H20N4O2S/c1-19-8-6-17-14(19)10-18-16(22)20-7-2-4-12(11-20)15(21)13-5-3-9-23-13/h3,5-6,8-9,12H,2,4,7,10-11H2,1H3,(H,18,22). The first kappa shape index (κ1) is 15.7. The summed E-state index contributed by atoms with van der Waals surface area (Å²) < 4.78 is 1.87. The van der Waals surface area contributed by atoms with Crippen LogP contribution < -0.4 is 5.32 Å². The highest BCUT2D eigenvalue weighted by Gasteiger charge is 2.29. The molecule has 1 N–H and O–H groups in total. The fourth-order valence-electron chi connectivity index (χ4n) is 2.83. The maximum absolute atomic E-state index is 12.5. The van der Waals surface area contributed by atoms with Gasteiger partial charge in [-0.3, -0.25) is 4.79 Å². The number of hydrogen-bond donors (Lipinski definition) is 1. The third-order valence-electron chi connectivity index (χ3n) is 4.16. The summed E-state index contributed by atoms with van der Waals surface area (Å²) in [6.07, 6.45) is 5.26. The number of carbonyl (C=O) groups excluding carboxylic acids is 2. The van der Waals surface area contributed by atoms with E-state index in [2.05, 4.69) is 10.3 Å². The number of likely N-dealkylation sites (tertiary alicyclic amines) is 1. The van der Waals surface area contributed by atoms with Crippen LogP contribution in [0.5, 0.6) is 0 Å². The molecule has 1 fully saturated rings. The Kier molecular flexibility index (Phi) is 4.76. The third-order valence-corrected chi connectivity index (χ3v) is 5.05. The molecule has 0 aromatic carbocycles. The van der Waals surface area contributed by atoms with E-state index in [0.717, 1.165) is 23.5 Å². The Morgan fingerprint density at radius 3 is 3.04 bits per heavy atom. The first-order chi connectivity index (χ1) is 11.1. The van der Waals surface area contributed by atoms with Crippen LogP contribution in [0.4, 0.5) is 4.79 Å². The molecule has 0 aliphatic carbocycles. The van der Waals surface area contributed by atoms with E-state index in [-0.39, 0.29) is 17.7 Å². The molecule has 1 atom stereocenters. The number of amides is 2. The minimum atomic E-state index is -0.128. The molecule has 122 valence electrons. The van der Waals surface area contributed by atoms with E-state index in [1.165, 1.54) is 11.3 Å². The Morgan fingerprint density at radius 1 is 1.48 bits per heavy atom. The van der Waals surface area contributed by atoms with Gasteiger partial charge < -0.3 is 14.8 Å². The minimum Gasteiger partial charge on any atom is -0.337 e. The zero-order valence-corrected chi connectivity index (χ0v) is 13.9. The Morgan fingerprint density at radius 2 is 2.35 bits per heavy atom. The molecule has 3 rings (SSSR count). The molecule has 0 bridgehead atoms. The van der Waals surface area contributed by atoms with Gasteiger partial charge in [0.2, 0.25) is 0 Å². The van der Waals surface area contributed by atoms with Gasteiger partial charge in [0.25, 0.3) is 0 Å². The van der Waals surface area contributed by atoms with E-state index >= 15 is 0 Å². The predicted octanol–water partition coefficient (Wildman–Crippen LogP) is 2.29. The molecular formula is C16H20N4O2S. The minimum absolute atomic E-state index is 0.0960. The van der Waals surface area contributed by atoms with E-state index in [4.69, 9.17) is 0 Å². The van der Waals surface area contributed by atoms with Gasteiger partial charge in [-0.1, -0.05) is 6.07 Å². The number of nitrogens with zero attached hydrogens (tertiary/aromatic N) is 3. The van der Waals surface area contributed by atoms with Gasteiger partial charge in [-0.15, -0.1) is 11.3 Å². The average molecular weight is 332 g/mol. The summed E-state index contributed by atoms with van der Waals surface area (Å²) in [5, 5.41) is 4.79. The molecule has 1 saturated heterocycles. The quantitative estimate of drug-likeness (QED) is 0.874. The van der Waals surface area contributed by atoms with Gasteiger partial charge in [0, 0.05) is 38.4 Å². The Labute approximate surface area is 139 Å². The zero-order chi connectivity index (χ0) is 16.2. The molecule has 2 aromatic rings. The van der Waals surface area contributed by atoms with E-state index in [1.54, 1.807) is 11.1 Å². The normalized spacial score (nSPS) is 18.0. The lowest BCUT2D eigenvalue weighted by molar-refractivity contribution is 0.0849. The van der Waals surface area contributed by atoms with E-state index < -0.39 is 0 Å². The molecule has 0 radical (unpaired) electrons. The first-order valence-corrected chi connectivity index (χ1v) is 8.60. The van der Waals surface area contributed by atoms with Crippen LogP contribution in [0.25, 0.3) is 0 Å². The number of nitrogens with one attached hydrogen (secondary N) is 1. The maximum atomic E-state index is 12.5. The number of rotatable bonds is 4. The number of aromatic nitrogens is 2. The smallest absolute Gasteiger partial charge is 0.317 e. The Hall–Kier alpha value is -2.15. The molecule has 23 heavy (non-hydrogen) atoms. The largest absolute Gasteiger partial charge is 0.337 e. The molecule has 3 heterocycles. The van der Waals surface area contributed by atoms with Crippen molar-refractivity contribution in [2.24, 2.45) is 13.0 Å². The van der Waals surface area contributed by atoms with Crippen molar-refractivity contribution in [3.05, 3.63) is 40.6 Å². The van der Waals surface area contributed by atoms with Crippen molar-refractivity contribution in [1.82, 2.24) is 19.8 Å². The first-order valence-electron chi connectivity index (χ1n) is 7.72. The van der Waals surface area contributed by atoms with Crippen molar-refractivity contribution < 1.29 is 9.59 Å². The van der Waals surface area contributed by atoms with Crippen LogP contribution in [0.2, 0.25) is 0 Å². The lowest BCUT2D eigenvalue weighted by Gasteiger charge is -2.31. The summed E-state index contributed by atoms with van der Waals surface area (Å²) in [6.45, 7) is 1.58. The van der Waals surface area contributed by atoms with Gasteiger partial charge in [0.1, 0.15) is 5.82 Å². The van der Waals surface area contributed by atoms with Crippen molar-refractivity contribution >= 4 is 23.2 Å². The topological polar surface area (TPSA) is 67.2 Å². The van der Waals surface area contributed by atoms with Crippen LogP contribution in [0, 0.1) is 5.92 Å². The second-order valence-electron chi connectivity index (χ2n) is 5.74. The SMILES string of the molecule is Cn1ccnc1CNC(=O)N1CCCC(C(=O)c2cccs2)C1. The van der Waals surface area contributed by atoms with Crippen LogP contribution in [0.1, 0.15) is 28.3 Å². The fraction of sp³-hybridized carbons (Fsp3) is 0.438. The number of imidazole rings is 1. The highest BCUT2D eigenvalue weighted by Crippen LogP contribution is 2.23. The van der Waals surface area contributed by atoms with E-state index in [0.29, 0.717) is 19.6 Å². The molecule has 1 unspecified atom stereocenters. The van der Waals surface area contributed by atoms with Crippen molar-refractivity contribution in [2.75, 3.05) is 13.1 Å². The highest BCUT2D eigenvalue weighted by atomic mass is 32.1. The van der Waals surface area contributed by atoms with Gasteiger partial charge in [0.05, 0.1) is 11.4 Å². The Balaban J connectivity index is 1.56. The monoisotopic (exact) mass is 332 g/mol. The number of Topliss-reactive ketones (excluding diaryl/α,β-unsaturated/α-hetero) is 1. The molecule has 1 aliphatic heterocycles. The number of carbonyl (C=O) groups is 2. The lowest BCUT2D eigenvalue weighted by Crippen LogP contribution is -2.46. The van der Waals surface area contributed by atoms with Crippen molar-refractivity contribution in [3.8, 4) is 0 Å². The van der Waals surface area contributed by atoms with Crippen molar-refractivity contribution in [1.29, 1.82) is 0 Å². The number of urea groups is 1. The number of aryl methyl sites for hydroxylation is 1. The van der Waals surface area contributed by atoms with Crippen LogP contribution in [-0.4, -0.2) is 39.4 Å². The molecule has 7 heteroatoms. The zero-order valence-electron chi connectivity index (χ0n) is 13.1. The van der Waals surface area contributed by atoms with Gasteiger partial charge in [-0.05, 0) is 24.3 Å². The van der Waals surface area contributed by atoms with Gasteiger partial charge in [-0.25, -0.2) is 9.78 Å². The average Bonchev–Trinajstić information content (AvgIpc) is 3.24. The second-order valence-corrected chi connectivity index (χ2v) is 6.69. The predicted molar refractivity (Wildman–Crippen MR) is 88.4 cm³/mol. The van der Waals surface area contributed by atoms with Crippen molar-refractivity contribution in [2.45, 2.75) is 19.4 Å². The summed E-state index contributed by atoms with van der Waals surface area (Å²) in [7, 11) is 1.89. The third kappa shape index (κ3) is 3.61. The van der Waals surface area contributed by atoms with Crippen LogP contribution >= 0.6 is 11.3 Å². The van der Waals surface area contributed by atoms with E-state index in [1.807, 2.05) is 35.3 Å². The molecule has 1 aliphatic rings. The highest BCUT2D eigenvalue weighted by molar-refractivity contribution is 7.12. The number of hydrogen-bond acceptors (Lipinski definition) is 4. The van der Waals surface area contributed by atoms with Gasteiger partial charge in [-0.2, -0.15) is 0 Å². The van der Waals surface area contributed by atoms with Gasteiger partial charge in [0.15, 0.2) is 5.78 Å². The van der Waals surface area contributed by atoms with Gasteiger partial charge >= 0.3 is 6.03 Å². The summed E-state index contributed by atoms with van der Waals surface area (Å²) in [6, 6.07) is 3.61. The fourth-order valence-corrected chi connectivity index (χ4v) is 3.57. The van der Waals surface area contributed by atoms with E-state index in [9.17, 15) is 9.59 Å². The summed E-state index contributed by atoms with van der Waals surface area (Å²) in [4.78, 5) is 31.5. The molecule has 6 nitrogen and oxygen atoms in total. The van der Waals surface area contributed by atoms with Crippen LogP contribution in [0.3, 0.4) is 0 Å². The maximum Gasteiger partial charge on any atom is 0.317 e. The molecule has 0 saturated carbocycles. The number of piperidine rings is 1. The summed E-state index contributed by atoms with van der Waals surface area (Å²) in [5.74, 6) is 0.865. The number of ketones is 1. The van der Waals surface area contributed by atoms with Crippen molar-refractivity contribution in [3.63, 3.8) is 0 Å². The molecule has 2 amide bonds. The molecular weight excluding hydrogens is 312 g/mol. The Bertz CT molecular complexity index is 680. The summed E-state index contributed by atoms with van der Waals surface area (Å²) >= 11 is 1.46. The second kappa shape index (κ2) is 6.95. The number of thiophene rings is 1. The lowest BCUT2D eigenvalue weighted by atomic mass is 9.93. The molecule has 2 aromatic heterocycles. The summed E-state index contributed by atoms with van der Waals surface area (Å²) in [5.41, 5.74) is 0. The van der Waals surface area contributed by atoms with Crippen LogP contribution in [-0.2, 0) is 13.6 Å². The molecule has 0 spiro atoms. The van der Waals surface area contributed by atoms with Crippen LogP contribution in [0.15, 0.2) is 29.9 Å².